The highest BCUT2D eigenvalue weighted by atomic mass is 19.4. The summed E-state index contributed by atoms with van der Waals surface area (Å²) in [6.45, 7) is 2.81. The van der Waals surface area contributed by atoms with Gasteiger partial charge in [-0.2, -0.15) is 18.2 Å². The molecule has 2 unspecified atom stereocenters. The molecule has 172 valence electrons. The summed E-state index contributed by atoms with van der Waals surface area (Å²) in [5, 5.41) is 9.45. The van der Waals surface area contributed by atoms with Crippen molar-refractivity contribution in [3.63, 3.8) is 0 Å². The lowest BCUT2D eigenvalue weighted by Gasteiger charge is -2.28. The maximum absolute atomic E-state index is 13.7. The molecule has 0 aromatic carbocycles. The first kappa shape index (κ1) is 22.0. The molecule has 0 aliphatic carbocycles. The number of hydrogen-bond donors (Lipinski definition) is 2. The fraction of sp³-hybridized carbons (Fsp3) is 0.500. The van der Waals surface area contributed by atoms with Gasteiger partial charge in [0.05, 0.1) is 31.6 Å². The Morgan fingerprint density at radius 2 is 1.97 bits per heavy atom. The van der Waals surface area contributed by atoms with Crippen LogP contribution >= 0.6 is 0 Å². The van der Waals surface area contributed by atoms with Crippen molar-refractivity contribution in [1.29, 1.82) is 0 Å². The molecule has 2 fully saturated rings. The highest BCUT2D eigenvalue weighted by Gasteiger charge is 2.41. The van der Waals surface area contributed by atoms with Gasteiger partial charge in [-0.3, -0.25) is 4.90 Å². The molecule has 2 aromatic heterocycles. The monoisotopic (exact) mass is 455 g/mol. The number of nitrogens with two attached hydrogens (primary N) is 1. The average Bonchev–Trinajstić information content (AvgIpc) is 3.06. The standard InChI is InChI=1S/C18H20F3N7O4/c1-9-12(8-29)32-17(30)28(9)13-6-11(24-16(25-13)27-2-4-31-5-3-27)10-7-23-15(22)26-14(10)18(19,20)21/h6-7,9,12,29H,2-5,8H2,1H3,(H2,22,23,26). The number of amides is 1. The van der Waals surface area contributed by atoms with Crippen LogP contribution in [0.15, 0.2) is 12.3 Å². The van der Waals surface area contributed by atoms with E-state index in [1.807, 2.05) is 0 Å². The normalized spacial score (nSPS) is 21.7. The van der Waals surface area contributed by atoms with Gasteiger partial charge < -0.3 is 25.2 Å². The van der Waals surface area contributed by atoms with Crippen molar-refractivity contribution >= 4 is 23.8 Å². The first-order valence-corrected chi connectivity index (χ1v) is 9.71. The second kappa shape index (κ2) is 8.35. The van der Waals surface area contributed by atoms with Gasteiger partial charge in [0.15, 0.2) is 5.69 Å². The quantitative estimate of drug-likeness (QED) is 0.688. The lowest BCUT2D eigenvalue weighted by Crippen LogP contribution is -2.39. The van der Waals surface area contributed by atoms with Gasteiger partial charge in [0.1, 0.15) is 11.9 Å². The maximum atomic E-state index is 13.7. The van der Waals surface area contributed by atoms with Gasteiger partial charge in [-0.1, -0.05) is 0 Å². The summed E-state index contributed by atoms with van der Waals surface area (Å²) in [5.41, 5.74) is 3.56. The van der Waals surface area contributed by atoms with Gasteiger partial charge in [-0.05, 0) is 6.92 Å². The molecule has 2 aromatic rings. The first-order chi connectivity index (χ1) is 15.2. The van der Waals surface area contributed by atoms with Crippen LogP contribution in [-0.2, 0) is 15.7 Å². The van der Waals surface area contributed by atoms with Crippen molar-refractivity contribution in [3.05, 3.63) is 18.0 Å². The number of nitrogen functional groups attached to an aromatic ring is 1. The number of aliphatic hydroxyl groups is 1. The largest absolute Gasteiger partial charge is 0.441 e. The Balaban J connectivity index is 1.87. The number of hydrogen-bond acceptors (Lipinski definition) is 10. The van der Waals surface area contributed by atoms with E-state index in [-0.39, 0.29) is 17.5 Å². The molecule has 1 amide bonds. The van der Waals surface area contributed by atoms with Crippen LogP contribution in [0.3, 0.4) is 0 Å². The number of carbonyl (C=O) groups is 1. The van der Waals surface area contributed by atoms with E-state index in [4.69, 9.17) is 15.2 Å². The molecule has 2 atom stereocenters. The highest BCUT2D eigenvalue weighted by Crippen LogP contribution is 2.37. The second-order valence-electron chi connectivity index (χ2n) is 7.21. The summed E-state index contributed by atoms with van der Waals surface area (Å²) in [6.07, 6.45) is -5.47. The topological polar surface area (TPSA) is 140 Å². The van der Waals surface area contributed by atoms with Gasteiger partial charge >= 0.3 is 12.3 Å². The van der Waals surface area contributed by atoms with Crippen molar-refractivity contribution < 1.29 is 32.5 Å². The number of nitrogens with zero attached hydrogens (tertiary/aromatic N) is 6. The van der Waals surface area contributed by atoms with Gasteiger partial charge in [-0.15, -0.1) is 0 Å². The molecule has 3 N–H and O–H groups in total. The van der Waals surface area contributed by atoms with Gasteiger partial charge in [0, 0.05) is 30.9 Å². The van der Waals surface area contributed by atoms with Crippen LogP contribution in [0, 0.1) is 0 Å². The van der Waals surface area contributed by atoms with E-state index in [2.05, 4.69) is 19.9 Å². The zero-order valence-electron chi connectivity index (χ0n) is 16.9. The number of anilines is 3. The van der Waals surface area contributed by atoms with Crippen molar-refractivity contribution in [2.75, 3.05) is 48.4 Å². The molecule has 11 nitrogen and oxygen atoms in total. The lowest BCUT2D eigenvalue weighted by molar-refractivity contribution is -0.140. The van der Waals surface area contributed by atoms with E-state index in [9.17, 15) is 23.1 Å². The third-order valence-corrected chi connectivity index (χ3v) is 5.17. The molecule has 0 radical (unpaired) electrons. The van der Waals surface area contributed by atoms with Crippen molar-refractivity contribution in [2.45, 2.75) is 25.2 Å². The Labute approximate surface area is 180 Å². The molecule has 0 spiro atoms. The summed E-state index contributed by atoms with van der Waals surface area (Å²) in [4.78, 5) is 31.1. The number of cyclic esters (lactones) is 1. The first-order valence-electron chi connectivity index (χ1n) is 9.71. The van der Waals surface area contributed by atoms with Crippen molar-refractivity contribution in [2.24, 2.45) is 0 Å². The summed E-state index contributed by atoms with van der Waals surface area (Å²) in [5.74, 6) is -0.403. The number of alkyl halides is 3. The number of rotatable bonds is 4. The average molecular weight is 455 g/mol. The van der Waals surface area contributed by atoms with E-state index < -0.39 is 48.2 Å². The molecular formula is C18H20F3N7O4. The van der Waals surface area contributed by atoms with Crippen LogP contribution in [0.4, 0.5) is 35.7 Å². The van der Waals surface area contributed by atoms with E-state index in [1.54, 1.807) is 11.8 Å². The summed E-state index contributed by atoms with van der Waals surface area (Å²) >= 11 is 0. The molecule has 32 heavy (non-hydrogen) atoms. The zero-order chi connectivity index (χ0) is 23.0. The van der Waals surface area contributed by atoms with Crippen LogP contribution in [0.5, 0.6) is 0 Å². The Morgan fingerprint density at radius 3 is 2.59 bits per heavy atom. The third kappa shape index (κ3) is 4.10. The Kier molecular flexibility index (Phi) is 5.73. The molecule has 14 heteroatoms. The van der Waals surface area contributed by atoms with Crippen molar-refractivity contribution in [1.82, 2.24) is 19.9 Å². The Bertz CT molecular complexity index is 1020. The van der Waals surface area contributed by atoms with Crippen LogP contribution in [0.2, 0.25) is 0 Å². The zero-order valence-corrected chi connectivity index (χ0v) is 16.9. The maximum Gasteiger partial charge on any atom is 0.434 e. The predicted octanol–water partition coefficient (Wildman–Crippen LogP) is 1.08. The third-order valence-electron chi connectivity index (χ3n) is 5.17. The summed E-state index contributed by atoms with van der Waals surface area (Å²) in [6, 6.07) is 0.614. The molecule has 4 rings (SSSR count). The molecule has 0 bridgehead atoms. The van der Waals surface area contributed by atoms with Crippen LogP contribution in [0.1, 0.15) is 12.6 Å². The van der Waals surface area contributed by atoms with E-state index in [1.165, 1.54) is 11.0 Å². The number of aromatic nitrogens is 4. The minimum atomic E-state index is -4.82. The van der Waals surface area contributed by atoms with Gasteiger partial charge in [0.2, 0.25) is 11.9 Å². The Hall–Kier alpha value is -3.26. The smallest absolute Gasteiger partial charge is 0.434 e. The van der Waals surface area contributed by atoms with Crippen LogP contribution in [0.25, 0.3) is 11.3 Å². The van der Waals surface area contributed by atoms with Gasteiger partial charge in [0.25, 0.3) is 0 Å². The summed E-state index contributed by atoms with van der Waals surface area (Å²) in [7, 11) is 0. The number of aliphatic hydroxyl groups excluding tert-OH is 1. The number of morpholine rings is 1. The summed E-state index contributed by atoms with van der Waals surface area (Å²) < 4.78 is 51.4. The molecular weight excluding hydrogens is 435 g/mol. The van der Waals surface area contributed by atoms with E-state index in [0.717, 1.165) is 6.20 Å². The molecule has 2 aliphatic heterocycles. The van der Waals surface area contributed by atoms with Crippen LogP contribution < -0.4 is 15.5 Å². The minimum Gasteiger partial charge on any atom is -0.441 e. The fourth-order valence-electron chi connectivity index (χ4n) is 3.50. The van der Waals surface area contributed by atoms with Gasteiger partial charge in [-0.25, -0.2) is 19.7 Å². The molecule has 2 aliphatic rings. The highest BCUT2D eigenvalue weighted by molar-refractivity contribution is 5.90. The van der Waals surface area contributed by atoms with E-state index in [0.29, 0.717) is 26.3 Å². The fourth-order valence-corrected chi connectivity index (χ4v) is 3.50. The second-order valence-corrected chi connectivity index (χ2v) is 7.21. The van der Waals surface area contributed by atoms with Crippen molar-refractivity contribution in [3.8, 4) is 11.3 Å². The number of carbonyl (C=O) groups excluding carboxylic acids is 1. The number of ether oxygens (including phenoxy) is 2. The lowest BCUT2D eigenvalue weighted by atomic mass is 10.1. The van der Waals surface area contributed by atoms with E-state index >= 15 is 0 Å². The Morgan fingerprint density at radius 1 is 1.25 bits per heavy atom. The molecule has 4 heterocycles. The molecule has 2 saturated heterocycles. The number of halogens is 3. The van der Waals surface area contributed by atoms with Crippen LogP contribution in [-0.4, -0.2) is 76.2 Å². The molecule has 0 saturated carbocycles. The predicted molar refractivity (Wildman–Crippen MR) is 105 cm³/mol. The minimum absolute atomic E-state index is 0.0230. The SMILES string of the molecule is CC1C(CO)OC(=O)N1c1cc(-c2cnc(N)nc2C(F)(F)F)nc(N2CCOCC2)n1.